The van der Waals surface area contributed by atoms with E-state index in [1.807, 2.05) is 84.3 Å². The number of hydrogen-bond acceptors (Lipinski definition) is 5. The SMILES string of the molecule is COc1ccccc1N1C[C@@H](c2nc3ccccc3n2C[C@@H](O)COc2ccccc2C)CC1=O. The minimum absolute atomic E-state index is 0.0292. The Hall–Kier alpha value is -3.84. The Labute approximate surface area is 204 Å². The fraction of sp³-hybridized carbons (Fsp3) is 0.286. The van der Waals surface area contributed by atoms with Crippen LogP contribution in [-0.4, -0.2) is 46.9 Å². The largest absolute Gasteiger partial charge is 0.495 e. The summed E-state index contributed by atoms with van der Waals surface area (Å²) in [6, 6.07) is 23.2. The second-order valence-electron chi connectivity index (χ2n) is 8.88. The fourth-order valence-electron chi connectivity index (χ4n) is 4.73. The Morgan fingerprint density at radius 1 is 1.03 bits per heavy atom. The minimum Gasteiger partial charge on any atom is -0.495 e. The lowest BCUT2D eigenvalue weighted by molar-refractivity contribution is -0.117. The number of fused-ring (bicyclic) bond motifs is 1. The standard InChI is InChI=1S/C28H29N3O4/c1-19-9-3-7-13-25(19)35-18-21(32)17-31-23-11-5-4-10-22(23)29-28(31)20-15-27(33)30(16-20)24-12-6-8-14-26(24)34-2/h3-14,20-21,32H,15-18H2,1-2H3/t20-,21+/m0/s1. The molecule has 0 spiro atoms. The van der Waals surface area contributed by atoms with E-state index in [-0.39, 0.29) is 18.4 Å². The van der Waals surface area contributed by atoms with Crippen LogP contribution in [0.3, 0.4) is 0 Å². The lowest BCUT2D eigenvalue weighted by atomic mass is 10.1. The van der Waals surface area contributed by atoms with Crippen LogP contribution in [0.1, 0.15) is 23.7 Å². The molecule has 0 radical (unpaired) electrons. The van der Waals surface area contributed by atoms with E-state index in [2.05, 4.69) is 0 Å². The second kappa shape index (κ2) is 9.80. The summed E-state index contributed by atoms with van der Waals surface area (Å²) in [5.74, 6) is 2.15. The van der Waals surface area contributed by atoms with E-state index in [1.54, 1.807) is 12.0 Å². The summed E-state index contributed by atoms with van der Waals surface area (Å²) in [5, 5.41) is 10.9. The number of aromatic nitrogens is 2. The van der Waals surface area contributed by atoms with Crippen molar-refractivity contribution in [2.45, 2.75) is 31.9 Å². The Kier molecular flexibility index (Phi) is 6.42. The number of benzene rings is 3. The van der Waals surface area contributed by atoms with Crippen molar-refractivity contribution in [1.82, 2.24) is 9.55 Å². The molecule has 0 aliphatic carbocycles. The van der Waals surface area contributed by atoms with E-state index < -0.39 is 6.10 Å². The number of nitrogens with zero attached hydrogens (tertiary/aromatic N) is 3. The number of methoxy groups -OCH3 is 1. The van der Waals surface area contributed by atoms with Gasteiger partial charge in [-0.3, -0.25) is 4.79 Å². The van der Waals surface area contributed by atoms with Crippen molar-refractivity contribution in [3.8, 4) is 11.5 Å². The van der Waals surface area contributed by atoms with Crippen LogP contribution in [0.2, 0.25) is 0 Å². The Balaban J connectivity index is 1.40. The number of carbonyl (C=O) groups is 1. The topological polar surface area (TPSA) is 76.8 Å². The van der Waals surface area contributed by atoms with Crippen molar-refractivity contribution in [2.75, 3.05) is 25.2 Å². The maximum absolute atomic E-state index is 13.0. The summed E-state index contributed by atoms with van der Waals surface area (Å²) >= 11 is 0. The first kappa shape index (κ1) is 22.9. The van der Waals surface area contributed by atoms with Crippen molar-refractivity contribution in [2.24, 2.45) is 0 Å². The maximum atomic E-state index is 13.0. The van der Waals surface area contributed by atoms with Crippen LogP contribution < -0.4 is 14.4 Å². The molecular formula is C28H29N3O4. The van der Waals surface area contributed by atoms with Crippen LogP contribution in [0.25, 0.3) is 11.0 Å². The molecule has 35 heavy (non-hydrogen) atoms. The van der Waals surface area contributed by atoms with Crippen LogP contribution in [-0.2, 0) is 11.3 Å². The Bertz CT molecular complexity index is 1350. The molecule has 1 aliphatic rings. The number of rotatable bonds is 8. The zero-order valence-corrected chi connectivity index (χ0v) is 19.9. The van der Waals surface area contributed by atoms with Crippen molar-refractivity contribution in [3.05, 3.63) is 84.2 Å². The maximum Gasteiger partial charge on any atom is 0.227 e. The summed E-state index contributed by atoms with van der Waals surface area (Å²) in [7, 11) is 1.61. The summed E-state index contributed by atoms with van der Waals surface area (Å²) in [6.45, 7) is 2.96. The lowest BCUT2D eigenvalue weighted by Crippen LogP contribution is -2.27. The van der Waals surface area contributed by atoms with Crippen molar-refractivity contribution < 1.29 is 19.4 Å². The van der Waals surface area contributed by atoms with Gasteiger partial charge in [0.25, 0.3) is 0 Å². The zero-order valence-electron chi connectivity index (χ0n) is 19.9. The van der Waals surface area contributed by atoms with Gasteiger partial charge < -0.3 is 24.0 Å². The van der Waals surface area contributed by atoms with E-state index >= 15 is 0 Å². The van der Waals surface area contributed by atoms with Gasteiger partial charge in [-0.25, -0.2) is 4.98 Å². The molecule has 7 nitrogen and oxygen atoms in total. The van der Waals surface area contributed by atoms with Crippen molar-refractivity contribution >= 4 is 22.6 Å². The summed E-state index contributed by atoms with van der Waals surface area (Å²) in [4.78, 5) is 19.7. The molecular weight excluding hydrogens is 442 g/mol. The van der Waals surface area contributed by atoms with Gasteiger partial charge in [-0.2, -0.15) is 0 Å². The van der Waals surface area contributed by atoms with Gasteiger partial charge in [0.15, 0.2) is 0 Å². The van der Waals surface area contributed by atoms with Gasteiger partial charge in [0.2, 0.25) is 5.91 Å². The smallest absolute Gasteiger partial charge is 0.227 e. The summed E-state index contributed by atoms with van der Waals surface area (Å²) in [6.07, 6.45) is -0.398. The molecule has 3 aromatic carbocycles. The number of ether oxygens (including phenoxy) is 2. The average molecular weight is 472 g/mol. The molecule has 1 N–H and O–H groups in total. The zero-order chi connectivity index (χ0) is 24.4. The normalized spacial score (nSPS) is 16.6. The quantitative estimate of drug-likeness (QED) is 0.414. The number of hydrogen-bond donors (Lipinski definition) is 1. The molecule has 7 heteroatoms. The van der Waals surface area contributed by atoms with Crippen molar-refractivity contribution in [1.29, 1.82) is 0 Å². The first-order chi connectivity index (χ1) is 17.0. The van der Waals surface area contributed by atoms with E-state index in [4.69, 9.17) is 14.5 Å². The first-order valence-corrected chi connectivity index (χ1v) is 11.8. The molecule has 5 rings (SSSR count). The molecule has 1 fully saturated rings. The van der Waals surface area contributed by atoms with Crippen LogP contribution in [0.4, 0.5) is 5.69 Å². The van der Waals surface area contributed by atoms with Gasteiger partial charge in [-0.05, 0) is 42.8 Å². The molecule has 0 saturated carbocycles. The number of para-hydroxylation sites is 5. The molecule has 1 aliphatic heterocycles. The number of aliphatic hydroxyl groups is 1. The van der Waals surface area contributed by atoms with Gasteiger partial charge >= 0.3 is 0 Å². The third kappa shape index (κ3) is 4.59. The van der Waals surface area contributed by atoms with Gasteiger partial charge in [-0.15, -0.1) is 0 Å². The predicted octanol–water partition coefficient (Wildman–Crippen LogP) is 4.31. The Morgan fingerprint density at radius 3 is 2.54 bits per heavy atom. The minimum atomic E-state index is -0.742. The number of aryl methyl sites for hydroxylation is 1. The highest BCUT2D eigenvalue weighted by Crippen LogP contribution is 2.37. The number of carbonyl (C=O) groups excluding carboxylic acids is 1. The third-order valence-electron chi connectivity index (χ3n) is 6.47. The monoisotopic (exact) mass is 471 g/mol. The average Bonchev–Trinajstić information content (AvgIpc) is 3.44. The van der Waals surface area contributed by atoms with E-state index in [9.17, 15) is 9.90 Å². The Morgan fingerprint density at radius 2 is 1.74 bits per heavy atom. The van der Waals surface area contributed by atoms with Crippen molar-refractivity contribution in [3.63, 3.8) is 0 Å². The molecule has 180 valence electrons. The third-order valence-corrected chi connectivity index (χ3v) is 6.47. The molecule has 2 heterocycles. The van der Waals surface area contributed by atoms with Gasteiger partial charge in [0, 0.05) is 18.9 Å². The summed E-state index contributed by atoms with van der Waals surface area (Å²) < 4.78 is 13.4. The van der Waals surface area contributed by atoms with E-state index in [0.29, 0.717) is 25.3 Å². The van der Waals surface area contributed by atoms with Crippen LogP contribution in [0.15, 0.2) is 72.8 Å². The van der Waals surface area contributed by atoms with E-state index in [1.165, 1.54) is 0 Å². The summed E-state index contributed by atoms with van der Waals surface area (Å²) in [5.41, 5.74) is 3.56. The molecule has 0 unspecified atom stereocenters. The number of imidazole rings is 1. The molecule has 1 saturated heterocycles. The highest BCUT2D eigenvalue weighted by molar-refractivity contribution is 5.97. The second-order valence-corrected chi connectivity index (χ2v) is 8.88. The molecule has 1 aromatic heterocycles. The molecule has 2 atom stereocenters. The predicted molar refractivity (Wildman–Crippen MR) is 135 cm³/mol. The van der Waals surface area contributed by atoms with Crippen LogP contribution in [0.5, 0.6) is 11.5 Å². The fourth-order valence-corrected chi connectivity index (χ4v) is 4.73. The van der Waals surface area contributed by atoms with Crippen LogP contribution in [0, 0.1) is 6.92 Å². The van der Waals surface area contributed by atoms with Gasteiger partial charge in [0.1, 0.15) is 30.0 Å². The molecule has 1 amide bonds. The lowest BCUT2D eigenvalue weighted by Gasteiger charge is -2.20. The van der Waals surface area contributed by atoms with Crippen LogP contribution >= 0.6 is 0 Å². The first-order valence-electron chi connectivity index (χ1n) is 11.8. The molecule has 0 bridgehead atoms. The number of aliphatic hydroxyl groups excluding tert-OH is 1. The highest BCUT2D eigenvalue weighted by atomic mass is 16.5. The number of anilines is 1. The van der Waals surface area contributed by atoms with Gasteiger partial charge in [0.05, 0.1) is 30.4 Å². The van der Waals surface area contributed by atoms with E-state index in [0.717, 1.165) is 33.9 Å². The number of amides is 1. The van der Waals surface area contributed by atoms with Gasteiger partial charge in [-0.1, -0.05) is 42.5 Å². The molecule has 4 aromatic rings. The highest BCUT2D eigenvalue weighted by Gasteiger charge is 2.36.